The molecule has 0 amide bonds. The third-order valence-electron chi connectivity index (χ3n) is 2.53. The highest BCUT2D eigenvalue weighted by Gasteiger charge is 2.22. The van der Waals surface area contributed by atoms with Gasteiger partial charge in [-0.1, -0.05) is 0 Å². The van der Waals surface area contributed by atoms with E-state index in [4.69, 9.17) is 10.2 Å². The Bertz CT molecular complexity index is 379. The van der Waals surface area contributed by atoms with Crippen molar-refractivity contribution in [3.05, 3.63) is 0 Å². The molecule has 0 aromatic rings. The number of carboxylic acid groups (broad SMARTS) is 4. The van der Waals surface area contributed by atoms with E-state index in [1.165, 1.54) is 6.92 Å². The van der Waals surface area contributed by atoms with E-state index in [1.54, 1.807) is 0 Å². The van der Waals surface area contributed by atoms with Crippen LogP contribution >= 0.6 is 0 Å². The van der Waals surface area contributed by atoms with Crippen LogP contribution in [0.15, 0.2) is 0 Å². The Kier molecular flexibility index (Phi) is 7.94. The van der Waals surface area contributed by atoms with Crippen LogP contribution in [0.4, 0.5) is 0 Å². The van der Waals surface area contributed by atoms with Gasteiger partial charge in [-0.3, -0.25) is 19.4 Å². The molecule has 0 saturated carbocycles. The quantitative estimate of drug-likeness (QED) is 0.381. The van der Waals surface area contributed by atoms with Crippen molar-refractivity contribution in [3.8, 4) is 0 Å². The van der Waals surface area contributed by atoms with Crippen molar-refractivity contribution < 1.29 is 39.6 Å². The third-order valence-corrected chi connectivity index (χ3v) is 2.53. The molecule has 0 saturated heterocycles. The van der Waals surface area contributed by atoms with Gasteiger partial charge in [0.1, 0.15) is 0 Å². The molecule has 0 spiro atoms. The summed E-state index contributed by atoms with van der Waals surface area (Å²) in [6.45, 7) is -1.22. The fourth-order valence-corrected chi connectivity index (χ4v) is 1.75. The minimum atomic E-state index is -1.51. The molecule has 0 bridgehead atoms. The largest absolute Gasteiger partial charge is 0.549 e. The van der Waals surface area contributed by atoms with Crippen molar-refractivity contribution in [2.24, 2.45) is 0 Å². The second-order valence-corrected chi connectivity index (χ2v) is 4.46. The lowest BCUT2D eigenvalue weighted by Gasteiger charge is -2.32. The van der Waals surface area contributed by atoms with Crippen LogP contribution in [0, 0.1) is 0 Å². The molecule has 0 unspecified atom stereocenters. The number of hydrogen-bond acceptors (Lipinski definition) is 8. The van der Waals surface area contributed by atoms with Crippen molar-refractivity contribution >= 4 is 23.9 Å². The average molecular weight is 304 g/mol. The summed E-state index contributed by atoms with van der Waals surface area (Å²) < 4.78 is 0. The highest BCUT2D eigenvalue weighted by molar-refractivity contribution is 5.72. The molecule has 0 aromatic heterocycles. The first kappa shape index (κ1) is 18.8. The van der Waals surface area contributed by atoms with E-state index in [-0.39, 0.29) is 6.54 Å². The summed E-state index contributed by atoms with van der Waals surface area (Å²) >= 11 is 0. The number of aliphatic carboxylic acids is 4. The first-order valence-corrected chi connectivity index (χ1v) is 5.91. The summed E-state index contributed by atoms with van der Waals surface area (Å²) in [6.07, 6.45) is 0. The summed E-state index contributed by atoms with van der Waals surface area (Å²) in [4.78, 5) is 44.5. The molecule has 21 heavy (non-hydrogen) atoms. The Hall–Kier alpha value is -2.20. The molecular weight excluding hydrogens is 288 g/mol. The molecule has 0 aliphatic heterocycles. The zero-order valence-corrected chi connectivity index (χ0v) is 11.4. The molecule has 120 valence electrons. The van der Waals surface area contributed by atoms with Gasteiger partial charge >= 0.3 is 11.9 Å². The normalized spacial score (nSPS) is 12.3. The highest BCUT2D eigenvalue weighted by Crippen LogP contribution is 2.02. The molecule has 10 heteroatoms. The maximum absolute atomic E-state index is 10.7. The van der Waals surface area contributed by atoms with Gasteiger partial charge in [0.25, 0.3) is 0 Å². The van der Waals surface area contributed by atoms with E-state index in [0.29, 0.717) is 0 Å². The Morgan fingerprint density at radius 2 is 1.29 bits per heavy atom. The summed E-state index contributed by atoms with van der Waals surface area (Å²) in [5, 5.41) is 38.5. The van der Waals surface area contributed by atoms with Crippen LogP contribution in [0.2, 0.25) is 0 Å². The van der Waals surface area contributed by atoms with Crippen LogP contribution in [0.3, 0.4) is 0 Å². The lowest BCUT2D eigenvalue weighted by atomic mass is 10.2. The summed E-state index contributed by atoms with van der Waals surface area (Å²) in [5.74, 6) is -5.53. The van der Waals surface area contributed by atoms with Gasteiger partial charge in [-0.25, -0.2) is 0 Å². The zero-order chi connectivity index (χ0) is 16.6. The highest BCUT2D eigenvalue weighted by atomic mass is 16.4. The van der Waals surface area contributed by atoms with E-state index >= 15 is 0 Å². The van der Waals surface area contributed by atoms with Crippen molar-refractivity contribution in [1.82, 2.24) is 9.80 Å². The van der Waals surface area contributed by atoms with Crippen LogP contribution < -0.4 is 10.2 Å². The van der Waals surface area contributed by atoms with Crippen molar-refractivity contribution in [2.75, 3.05) is 32.7 Å². The molecule has 0 fully saturated rings. The predicted octanol–water partition coefficient (Wildman–Crippen LogP) is -4.35. The van der Waals surface area contributed by atoms with E-state index in [2.05, 4.69) is 0 Å². The number of carboxylic acids is 4. The van der Waals surface area contributed by atoms with E-state index < -0.39 is 56.1 Å². The minimum Gasteiger partial charge on any atom is -0.549 e. The number of carbonyl (C=O) groups excluding carboxylic acids is 2. The topological polar surface area (TPSA) is 161 Å². The van der Waals surface area contributed by atoms with E-state index in [1.807, 2.05) is 0 Å². The fourth-order valence-electron chi connectivity index (χ4n) is 1.75. The molecule has 0 rings (SSSR count). The van der Waals surface area contributed by atoms with Gasteiger partial charge in [-0.05, 0) is 6.92 Å². The van der Waals surface area contributed by atoms with Crippen LogP contribution in [-0.4, -0.2) is 82.7 Å². The Labute approximate surface area is 120 Å². The molecule has 1 atom stereocenters. The van der Waals surface area contributed by atoms with Gasteiger partial charge in [0.15, 0.2) is 0 Å². The summed E-state index contributed by atoms with van der Waals surface area (Å²) in [6, 6.07) is -0.698. The number of hydrogen-bond donors (Lipinski definition) is 2. The maximum Gasteiger partial charge on any atom is 0.317 e. The maximum atomic E-state index is 10.7. The smallest absolute Gasteiger partial charge is 0.317 e. The first-order chi connectivity index (χ1) is 9.61. The van der Waals surface area contributed by atoms with Gasteiger partial charge in [0.2, 0.25) is 0 Å². The van der Waals surface area contributed by atoms with Crippen LogP contribution in [0.1, 0.15) is 6.92 Å². The van der Waals surface area contributed by atoms with E-state index in [0.717, 1.165) is 9.80 Å². The standard InChI is InChI=1S/C11H18N2O8/c1-7(13(5-10(18)19)6-11(20)21)2-12(3-8(14)15)4-9(16)17/h7H,2-6H2,1H3,(H,14,15)(H,16,17)(H,18,19)(H,20,21)/p-2/t7-/m1/s1. The second kappa shape index (κ2) is 8.87. The molecule has 0 aromatic carbocycles. The molecule has 0 heterocycles. The predicted molar refractivity (Wildman–Crippen MR) is 62.8 cm³/mol. The summed E-state index contributed by atoms with van der Waals surface area (Å²) in [5.41, 5.74) is 0. The molecule has 0 aliphatic carbocycles. The monoisotopic (exact) mass is 304 g/mol. The Morgan fingerprint density at radius 3 is 1.57 bits per heavy atom. The van der Waals surface area contributed by atoms with Crippen molar-refractivity contribution in [3.63, 3.8) is 0 Å². The lowest BCUT2D eigenvalue weighted by molar-refractivity contribution is -0.310. The number of nitrogens with zero attached hydrogens (tertiary/aromatic N) is 2. The van der Waals surface area contributed by atoms with Crippen molar-refractivity contribution in [1.29, 1.82) is 0 Å². The summed E-state index contributed by atoms with van der Waals surface area (Å²) in [7, 11) is 0. The Morgan fingerprint density at radius 1 is 0.905 bits per heavy atom. The first-order valence-electron chi connectivity index (χ1n) is 5.91. The van der Waals surface area contributed by atoms with Gasteiger partial charge in [-0.2, -0.15) is 0 Å². The van der Waals surface area contributed by atoms with Gasteiger partial charge in [-0.15, -0.1) is 0 Å². The number of rotatable bonds is 11. The Balaban J connectivity index is 4.81. The molecule has 2 N–H and O–H groups in total. The second-order valence-electron chi connectivity index (χ2n) is 4.46. The van der Waals surface area contributed by atoms with E-state index in [9.17, 15) is 29.4 Å². The van der Waals surface area contributed by atoms with Gasteiger partial charge < -0.3 is 30.0 Å². The van der Waals surface area contributed by atoms with Crippen molar-refractivity contribution in [2.45, 2.75) is 13.0 Å². The van der Waals surface area contributed by atoms with Crippen LogP contribution in [0.5, 0.6) is 0 Å². The SMILES string of the molecule is C[C@H](CN(CC(=O)[O-])CC(=O)[O-])N(CC(=O)O)CC(=O)O. The molecule has 10 nitrogen and oxygen atoms in total. The average Bonchev–Trinajstić information content (AvgIpc) is 2.24. The molecule has 0 aliphatic rings. The number of carbonyl (C=O) groups is 4. The van der Waals surface area contributed by atoms with Gasteiger partial charge in [0.05, 0.1) is 25.0 Å². The third kappa shape index (κ3) is 9.35. The molecular formula is C11H16N2O8-2. The minimum absolute atomic E-state index is 0.164. The van der Waals surface area contributed by atoms with Gasteiger partial charge in [0, 0.05) is 25.7 Å². The zero-order valence-electron chi connectivity index (χ0n) is 11.4. The van der Waals surface area contributed by atoms with Crippen LogP contribution in [0.25, 0.3) is 0 Å². The fraction of sp³-hybridized carbons (Fsp3) is 0.636. The lowest BCUT2D eigenvalue weighted by Crippen LogP contribution is -2.51. The molecule has 0 radical (unpaired) electrons. The van der Waals surface area contributed by atoms with Crippen LogP contribution in [-0.2, 0) is 19.2 Å².